The van der Waals surface area contributed by atoms with Crippen molar-refractivity contribution in [3.63, 3.8) is 0 Å². The Bertz CT molecular complexity index is 707. The average Bonchev–Trinajstić information content (AvgIpc) is 2.75. The maximum absolute atomic E-state index is 14.1. The van der Waals surface area contributed by atoms with Crippen molar-refractivity contribution in [2.45, 2.75) is 6.54 Å². The zero-order valence-electron chi connectivity index (χ0n) is 11.3. The van der Waals surface area contributed by atoms with Gasteiger partial charge in [0, 0.05) is 5.56 Å². The molecule has 0 aromatic heterocycles. The third-order valence-electron chi connectivity index (χ3n) is 3.47. The van der Waals surface area contributed by atoms with Gasteiger partial charge in [0.05, 0.1) is 24.8 Å². The summed E-state index contributed by atoms with van der Waals surface area (Å²) in [6.45, 7) is -0.116. The molecule has 4 nitrogen and oxygen atoms in total. The van der Waals surface area contributed by atoms with Crippen LogP contribution in [0.3, 0.4) is 0 Å². The lowest BCUT2D eigenvalue weighted by Gasteiger charge is -2.15. The van der Waals surface area contributed by atoms with Crippen molar-refractivity contribution >= 4 is 11.8 Å². The minimum absolute atomic E-state index is 0.0871. The largest absolute Gasteiger partial charge is 0.494 e. The predicted molar refractivity (Wildman–Crippen MR) is 73.6 cm³/mol. The Morgan fingerprint density at radius 3 is 2.19 bits per heavy atom. The number of hydrogen-bond donors (Lipinski definition) is 0. The van der Waals surface area contributed by atoms with Crippen LogP contribution in [0.25, 0.3) is 0 Å². The van der Waals surface area contributed by atoms with Crippen LogP contribution in [0.2, 0.25) is 0 Å². The first-order valence-corrected chi connectivity index (χ1v) is 6.40. The zero-order chi connectivity index (χ0) is 15.0. The van der Waals surface area contributed by atoms with Crippen LogP contribution in [-0.2, 0) is 6.54 Å². The summed E-state index contributed by atoms with van der Waals surface area (Å²) in [7, 11) is 1.37. The first-order chi connectivity index (χ1) is 10.1. The molecule has 2 amide bonds. The van der Waals surface area contributed by atoms with Gasteiger partial charge in [0.2, 0.25) is 0 Å². The van der Waals surface area contributed by atoms with E-state index in [-0.39, 0.29) is 17.9 Å². The number of methoxy groups -OCH3 is 1. The molecule has 106 valence electrons. The number of imide groups is 1. The molecule has 1 heterocycles. The molecule has 0 spiro atoms. The number of rotatable bonds is 3. The number of ether oxygens (including phenoxy) is 1. The van der Waals surface area contributed by atoms with Crippen molar-refractivity contribution in [3.8, 4) is 5.75 Å². The number of halogens is 1. The van der Waals surface area contributed by atoms with E-state index < -0.39 is 17.6 Å². The highest BCUT2D eigenvalue weighted by atomic mass is 19.1. The highest BCUT2D eigenvalue weighted by molar-refractivity contribution is 6.21. The van der Waals surface area contributed by atoms with Crippen LogP contribution in [0.1, 0.15) is 26.3 Å². The van der Waals surface area contributed by atoms with Gasteiger partial charge < -0.3 is 4.74 Å². The van der Waals surface area contributed by atoms with Crippen LogP contribution in [0.15, 0.2) is 42.5 Å². The molecule has 2 aromatic rings. The molecule has 2 aromatic carbocycles. The van der Waals surface area contributed by atoms with E-state index in [0.29, 0.717) is 11.1 Å². The Morgan fingerprint density at radius 1 is 1.00 bits per heavy atom. The van der Waals surface area contributed by atoms with Crippen LogP contribution < -0.4 is 4.74 Å². The van der Waals surface area contributed by atoms with Crippen LogP contribution in [0.5, 0.6) is 5.75 Å². The molecule has 0 fully saturated rings. The van der Waals surface area contributed by atoms with Crippen LogP contribution in [0.4, 0.5) is 4.39 Å². The van der Waals surface area contributed by atoms with Crippen LogP contribution >= 0.6 is 0 Å². The second-order valence-electron chi connectivity index (χ2n) is 4.68. The SMILES string of the molecule is COc1cccc(CN2C(=O)c3ccccc3C2=O)c1F. The van der Waals surface area contributed by atoms with E-state index in [2.05, 4.69) is 0 Å². The number of amides is 2. The number of benzene rings is 2. The molecule has 0 unspecified atom stereocenters. The molecule has 0 atom stereocenters. The molecular formula is C16H12FNO3. The molecule has 0 N–H and O–H groups in total. The van der Waals surface area contributed by atoms with Gasteiger partial charge >= 0.3 is 0 Å². The maximum Gasteiger partial charge on any atom is 0.261 e. The highest BCUT2D eigenvalue weighted by Gasteiger charge is 2.35. The van der Waals surface area contributed by atoms with E-state index in [1.165, 1.54) is 19.2 Å². The summed E-state index contributed by atoms with van der Waals surface area (Å²) in [5, 5.41) is 0. The Balaban J connectivity index is 1.94. The molecule has 3 rings (SSSR count). The zero-order valence-corrected chi connectivity index (χ0v) is 11.3. The normalized spacial score (nSPS) is 13.5. The predicted octanol–water partition coefficient (Wildman–Crippen LogP) is 2.63. The number of carbonyl (C=O) groups excluding carboxylic acids is 2. The lowest BCUT2D eigenvalue weighted by atomic mass is 10.1. The lowest BCUT2D eigenvalue weighted by Crippen LogP contribution is -2.29. The minimum atomic E-state index is -0.559. The van der Waals surface area contributed by atoms with Gasteiger partial charge in [-0.15, -0.1) is 0 Å². The fourth-order valence-corrected chi connectivity index (χ4v) is 2.39. The average molecular weight is 285 g/mol. The molecule has 21 heavy (non-hydrogen) atoms. The van der Waals surface area contributed by atoms with Crippen molar-refractivity contribution in [1.82, 2.24) is 4.90 Å². The maximum atomic E-state index is 14.1. The summed E-state index contributed by atoms with van der Waals surface area (Å²) in [5.41, 5.74) is 0.945. The summed E-state index contributed by atoms with van der Waals surface area (Å²) in [5.74, 6) is -1.28. The number of nitrogens with zero attached hydrogens (tertiary/aromatic N) is 1. The molecule has 5 heteroatoms. The fourth-order valence-electron chi connectivity index (χ4n) is 2.39. The number of carbonyl (C=O) groups is 2. The molecule has 0 radical (unpaired) electrons. The van der Waals surface area contributed by atoms with Crippen LogP contribution in [0, 0.1) is 5.82 Å². The van der Waals surface area contributed by atoms with E-state index in [1.54, 1.807) is 30.3 Å². The van der Waals surface area contributed by atoms with Crippen molar-refractivity contribution in [3.05, 3.63) is 65.0 Å². The third-order valence-corrected chi connectivity index (χ3v) is 3.47. The van der Waals surface area contributed by atoms with Crippen molar-refractivity contribution in [2.24, 2.45) is 0 Å². The van der Waals surface area contributed by atoms with E-state index in [0.717, 1.165) is 4.90 Å². The molecule has 1 aliphatic heterocycles. The third kappa shape index (κ3) is 2.07. The van der Waals surface area contributed by atoms with Crippen molar-refractivity contribution in [1.29, 1.82) is 0 Å². The molecule has 0 saturated carbocycles. The van der Waals surface area contributed by atoms with Gasteiger partial charge in [0.25, 0.3) is 11.8 Å². The highest BCUT2D eigenvalue weighted by Crippen LogP contribution is 2.27. The fraction of sp³-hybridized carbons (Fsp3) is 0.125. The van der Waals surface area contributed by atoms with Gasteiger partial charge in [0.15, 0.2) is 11.6 Å². The Kier molecular flexibility index (Phi) is 3.17. The molecular weight excluding hydrogens is 273 g/mol. The Hall–Kier alpha value is -2.69. The summed E-state index contributed by atoms with van der Waals surface area (Å²) in [4.78, 5) is 25.5. The molecule has 0 aliphatic carbocycles. The van der Waals surface area contributed by atoms with Gasteiger partial charge in [-0.25, -0.2) is 4.39 Å². The quantitative estimate of drug-likeness (QED) is 0.814. The van der Waals surface area contributed by atoms with E-state index >= 15 is 0 Å². The van der Waals surface area contributed by atoms with Gasteiger partial charge in [-0.3, -0.25) is 14.5 Å². The first kappa shape index (κ1) is 13.3. The number of fused-ring (bicyclic) bond motifs is 1. The lowest BCUT2D eigenvalue weighted by molar-refractivity contribution is 0.0640. The minimum Gasteiger partial charge on any atom is -0.494 e. The molecule has 1 aliphatic rings. The molecule has 0 saturated heterocycles. The summed E-state index contributed by atoms with van der Waals surface area (Å²) in [6.07, 6.45) is 0. The van der Waals surface area contributed by atoms with Gasteiger partial charge in [-0.05, 0) is 18.2 Å². The number of hydrogen-bond acceptors (Lipinski definition) is 3. The second-order valence-corrected chi connectivity index (χ2v) is 4.68. The van der Waals surface area contributed by atoms with Crippen LogP contribution in [-0.4, -0.2) is 23.8 Å². The van der Waals surface area contributed by atoms with E-state index in [9.17, 15) is 14.0 Å². The Labute approximate surface area is 120 Å². The summed E-state index contributed by atoms with van der Waals surface area (Å²) >= 11 is 0. The standard InChI is InChI=1S/C16H12FNO3/c1-21-13-8-4-5-10(14(13)17)9-18-15(19)11-6-2-3-7-12(11)16(18)20/h2-8H,9H2,1H3. The van der Waals surface area contributed by atoms with E-state index in [1.807, 2.05) is 0 Å². The van der Waals surface area contributed by atoms with E-state index in [4.69, 9.17) is 4.74 Å². The second kappa shape index (κ2) is 5.01. The van der Waals surface area contributed by atoms with Gasteiger partial charge in [0.1, 0.15) is 0 Å². The van der Waals surface area contributed by atoms with Gasteiger partial charge in [-0.1, -0.05) is 24.3 Å². The molecule has 0 bridgehead atoms. The summed E-state index contributed by atoms with van der Waals surface area (Å²) in [6, 6.07) is 11.2. The topological polar surface area (TPSA) is 46.6 Å². The Morgan fingerprint density at radius 2 is 1.62 bits per heavy atom. The summed E-state index contributed by atoms with van der Waals surface area (Å²) < 4.78 is 19.0. The van der Waals surface area contributed by atoms with Crippen molar-refractivity contribution < 1.29 is 18.7 Å². The monoisotopic (exact) mass is 285 g/mol. The first-order valence-electron chi connectivity index (χ1n) is 6.40. The smallest absolute Gasteiger partial charge is 0.261 e. The van der Waals surface area contributed by atoms with Crippen molar-refractivity contribution in [2.75, 3.05) is 7.11 Å². The van der Waals surface area contributed by atoms with Gasteiger partial charge in [-0.2, -0.15) is 0 Å².